The van der Waals surface area contributed by atoms with Crippen molar-refractivity contribution < 1.29 is 5.11 Å². The molecule has 17 heavy (non-hydrogen) atoms. The molecule has 0 amide bonds. The van der Waals surface area contributed by atoms with Crippen LogP contribution in [0.1, 0.15) is 24.8 Å². The molecule has 1 fully saturated rings. The van der Waals surface area contributed by atoms with Crippen LogP contribution in [0.15, 0.2) is 12.4 Å². The molecule has 0 saturated carbocycles. The van der Waals surface area contributed by atoms with Gasteiger partial charge in [0.15, 0.2) is 0 Å². The van der Waals surface area contributed by atoms with E-state index in [0.717, 1.165) is 29.9 Å². The minimum absolute atomic E-state index is 0.00876. The van der Waals surface area contributed by atoms with E-state index in [1.807, 2.05) is 11.8 Å². The van der Waals surface area contributed by atoms with Crippen LogP contribution in [-0.4, -0.2) is 39.7 Å². The third-order valence-corrected chi connectivity index (χ3v) is 4.30. The Hall–Kier alpha value is -0.810. The van der Waals surface area contributed by atoms with Crippen LogP contribution in [0.4, 0.5) is 5.95 Å². The summed E-state index contributed by atoms with van der Waals surface area (Å²) >= 11 is 1.96. The molecule has 0 aromatic carbocycles. The maximum absolute atomic E-state index is 8.95. The Morgan fingerprint density at radius 2 is 2.12 bits per heavy atom. The third kappa shape index (κ3) is 3.33. The number of hydrogen-bond donors (Lipinski definition) is 1. The van der Waals surface area contributed by atoms with Gasteiger partial charge in [0.25, 0.3) is 0 Å². The Labute approximate surface area is 106 Å². The second kappa shape index (κ2) is 6.21. The number of rotatable bonds is 3. The number of hydrogen-bond acceptors (Lipinski definition) is 5. The molecule has 1 atom stereocenters. The maximum atomic E-state index is 8.95. The molecule has 1 aromatic heterocycles. The van der Waals surface area contributed by atoms with E-state index in [0.29, 0.717) is 0 Å². The first-order chi connectivity index (χ1) is 8.33. The fourth-order valence-electron chi connectivity index (χ4n) is 2.09. The average Bonchev–Trinajstić information content (AvgIpc) is 2.64. The van der Waals surface area contributed by atoms with Gasteiger partial charge in [-0.2, -0.15) is 11.8 Å². The van der Waals surface area contributed by atoms with Gasteiger partial charge < -0.3 is 10.0 Å². The lowest BCUT2D eigenvalue weighted by Crippen LogP contribution is -2.26. The van der Waals surface area contributed by atoms with Crippen LogP contribution in [0, 0.1) is 0 Å². The molecule has 0 spiro atoms. The summed E-state index contributed by atoms with van der Waals surface area (Å²) in [6.45, 7) is 2.08. The summed E-state index contributed by atoms with van der Waals surface area (Å²) in [7, 11) is 0. The molecule has 2 heterocycles. The van der Waals surface area contributed by atoms with Gasteiger partial charge >= 0.3 is 0 Å². The molecule has 2 rings (SSSR count). The zero-order chi connectivity index (χ0) is 12.1. The van der Waals surface area contributed by atoms with Crippen LogP contribution >= 0.6 is 11.8 Å². The summed E-state index contributed by atoms with van der Waals surface area (Å²) in [5.74, 6) is 0.795. The van der Waals surface area contributed by atoms with Crippen LogP contribution in [0.2, 0.25) is 0 Å². The predicted molar refractivity (Wildman–Crippen MR) is 71.3 cm³/mol. The largest absolute Gasteiger partial charge is 0.392 e. The average molecular weight is 253 g/mol. The van der Waals surface area contributed by atoms with E-state index in [2.05, 4.69) is 21.1 Å². The Morgan fingerprint density at radius 1 is 1.35 bits per heavy atom. The molecule has 1 unspecified atom stereocenters. The second-order valence-corrected chi connectivity index (χ2v) is 5.46. The molecule has 5 heteroatoms. The van der Waals surface area contributed by atoms with E-state index < -0.39 is 0 Å². The summed E-state index contributed by atoms with van der Waals surface area (Å²) in [5, 5.41) is 9.73. The number of aromatic nitrogens is 2. The van der Waals surface area contributed by atoms with Gasteiger partial charge in [0.2, 0.25) is 5.95 Å². The van der Waals surface area contributed by atoms with Crippen LogP contribution in [0.5, 0.6) is 0 Å². The van der Waals surface area contributed by atoms with E-state index in [-0.39, 0.29) is 6.61 Å². The van der Waals surface area contributed by atoms with Gasteiger partial charge in [-0.15, -0.1) is 0 Å². The van der Waals surface area contributed by atoms with Crippen molar-refractivity contribution in [3.8, 4) is 0 Å². The maximum Gasteiger partial charge on any atom is 0.225 e. The summed E-state index contributed by atoms with van der Waals surface area (Å²) in [6, 6.07) is 0. The highest BCUT2D eigenvalue weighted by Crippen LogP contribution is 2.22. The lowest BCUT2D eigenvalue weighted by molar-refractivity contribution is 0.281. The lowest BCUT2D eigenvalue weighted by atomic mass is 10.2. The van der Waals surface area contributed by atoms with E-state index in [9.17, 15) is 0 Å². The predicted octanol–water partition coefficient (Wildman–Crippen LogP) is 1.69. The number of aliphatic hydroxyl groups excluding tert-OH is 1. The van der Waals surface area contributed by atoms with Gasteiger partial charge in [0.1, 0.15) is 0 Å². The van der Waals surface area contributed by atoms with Crippen LogP contribution in [0.3, 0.4) is 0 Å². The van der Waals surface area contributed by atoms with Gasteiger partial charge in [-0.3, -0.25) is 0 Å². The van der Waals surface area contributed by atoms with Gasteiger partial charge in [-0.05, 0) is 25.5 Å². The van der Waals surface area contributed by atoms with Crippen molar-refractivity contribution in [3.05, 3.63) is 18.0 Å². The normalized spacial score (nSPS) is 21.3. The molecule has 0 radical (unpaired) electrons. The smallest absolute Gasteiger partial charge is 0.225 e. The fourth-order valence-corrected chi connectivity index (χ4v) is 2.84. The van der Waals surface area contributed by atoms with Crippen molar-refractivity contribution in [2.24, 2.45) is 0 Å². The summed E-state index contributed by atoms with van der Waals surface area (Å²) in [4.78, 5) is 10.9. The third-order valence-electron chi connectivity index (χ3n) is 3.17. The SMILES string of the molecule is CSC1CCCN(c2ncc(CO)cn2)CC1. The summed E-state index contributed by atoms with van der Waals surface area (Å²) < 4.78 is 0. The molecule has 4 nitrogen and oxygen atoms in total. The molecule has 94 valence electrons. The topological polar surface area (TPSA) is 49.2 Å². The minimum atomic E-state index is 0.00876. The molecule has 1 aliphatic rings. The number of aliphatic hydroxyl groups is 1. The van der Waals surface area contributed by atoms with E-state index in [4.69, 9.17) is 5.11 Å². The number of thioether (sulfide) groups is 1. The zero-order valence-electron chi connectivity index (χ0n) is 10.2. The molecule has 1 aromatic rings. The highest BCUT2D eigenvalue weighted by atomic mass is 32.2. The lowest BCUT2D eigenvalue weighted by Gasteiger charge is -2.20. The molecule has 0 bridgehead atoms. The monoisotopic (exact) mass is 253 g/mol. The molecular formula is C12H19N3OS. The molecular weight excluding hydrogens is 234 g/mol. The van der Waals surface area contributed by atoms with Crippen LogP contribution in [-0.2, 0) is 6.61 Å². The summed E-state index contributed by atoms with van der Waals surface area (Å²) in [6.07, 6.45) is 9.29. The van der Waals surface area contributed by atoms with Crippen molar-refractivity contribution in [2.75, 3.05) is 24.2 Å². The molecule has 1 saturated heterocycles. The highest BCUT2D eigenvalue weighted by molar-refractivity contribution is 7.99. The van der Waals surface area contributed by atoms with Crippen LogP contribution in [0.25, 0.3) is 0 Å². The van der Waals surface area contributed by atoms with Gasteiger partial charge in [-0.25, -0.2) is 9.97 Å². The first-order valence-electron chi connectivity index (χ1n) is 6.03. The molecule has 1 aliphatic heterocycles. The first-order valence-corrected chi connectivity index (χ1v) is 7.32. The Balaban J connectivity index is 2.01. The van der Waals surface area contributed by atoms with Gasteiger partial charge in [-0.1, -0.05) is 0 Å². The van der Waals surface area contributed by atoms with Gasteiger partial charge in [0, 0.05) is 36.3 Å². The highest BCUT2D eigenvalue weighted by Gasteiger charge is 2.17. The van der Waals surface area contributed by atoms with Crippen molar-refractivity contribution in [1.29, 1.82) is 0 Å². The van der Waals surface area contributed by atoms with Crippen molar-refractivity contribution in [1.82, 2.24) is 9.97 Å². The van der Waals surface area contributed by atoms with Crippen molar-refractivity contribution in [3.63, 3.8) is 0 Å². The number of nitrogens with zero attached hydrogens (tertiary/aromatic N) is 3. The Bertz CT molecular complexity index is 344. The van der Waals surface area contributed by atoms with E-state index in [1.165, 1.54) is 19.3 Å². The van der Waals surface area contributed by atoms with Gasteiger partial charge in [0.05, 0.1) is 6.61 Å². The molecule has 0 aliphatic carbocycles. The van der Waals surface area contributed by atoms with Crippen LogP contribution < -0.4 is 4.90 Å². The fraction of sp³-hybridized carbons (Fsp3) is 0.667. The zero-order valence-corrected chi connectivity index (χ0v) is 11.0. The Kier molecular flexibility index (Phi) is 4.62. The van der Waals surface area contributed by atoms with E-state index in [1.54, 1.807) is 12.4 Å². The van der Waals surface area contributed by atoms with E-state index >= 15 is 0 Å². The summed E-state index contributed by atoms with van der Waals surface area (Å²) in [5.41, 5.74) is 0.769. The first kappa shape index (κ1) is 12.6. The Morgan fingerprint density at radius 3 is 2.76 bits per heavy atom. The standard InChI is InChI=1S/C12H19N3OS/c1-17-11-3-2-5-15(6-4-11)12-13-7-10(9-16)8-14-12/h7-8,11,16H,2-6,9H2,1H3. The number of anilines is 1. The van der Waals surface area contributed by atoms with Crippen molar-refractivity contribution >= 4 is 17.7 Å². The quantitative estimate of drug-likeness (QED) is 0.888. The minimum Gasteiger partial charge on any atom is -0.392 e. The van der Waals surface area contributed by atoms with Crippen molar-refractivity contribution in [2.45, 2.75) is 31.1 Å². The second-order valence-electron chi connectivity index (χ2n) is 4.33. The molecule has 1 N–H and O–H groups in total.